The number of hydrogen-bond donors (Lipinski definition) is 1. The van der Waals surface area contributed by atoms with E-state index in [1.165, 1.54) is 25.9 Å². The van der Waals surface area contributed by atoms with Crippen molar-refractivity contribution in [3.05, 3.63) is 0 Å². The summed E-state index contributed by atoms with van der Waals surface area (Å²) in [6.45, 7) is 8.41. The lowest BCUT2D eigenvalue weighted by molar-refractivity contribution is -0.132. The predicted octanol–water partition coefficient (Wildman–Crippen LogP) is 0.537. The van der Waals surface area contributed by atoms with Crippen molar-refractivity contribution < 1.29 is 4.79 Å². The van der Waals surface area contributed by atoms with Crippen LogP contribution in [0.3, 0.4) is 0 Å². The molecule has 17 heavy (non-hydrogen) atoms. The van der Waals surface area contributed by atoms with Crippen molar-refractivity contribution in [2.45, 2.75) is 38.8 Å². The zero-order valence-electron chi connectivity index (χ0n) is 11.3. The molecule has 1 amide bonds. The molecule has 4 nitrogen and oxygen atoms in total. The maximum absolute atomic E-state index is 12.0. The lowest BCUT2D eigenvalue weighted by atomic mass is 9.83. The molecule has 0 saturated carbocycles. The Morgan fingerprint density at radius 2 is 2.12 bits per heavy atom. The van der Waals surface area contributed by atoms with Crippen LogP contribution >= 0.6 is 0 Å². The van der Waals surface area contributed by atoms with Crippen LogP contribution in [0.25, 0.3) is 0 Å². The van der Waals surface area contributed by atoms with Crippen LogP contribution in [0.5, 0.6) is 0 Å². The third kappa shape index (κ3) is 2.80. The van der Waals surface area contributed by atoms with Gasteiger partial charge in [0.15, 0.2) is 0 Å². The zero-order chi connectivity index (χ0) is 12.4. The number of nitrogens with zero attached hydrogens (tertiary/aromatic N) is 2. The van der Waals surface area contributed by atoms with Crippen LogP contribution in [0.4, 0.5) is 0 Å². The van der Waals surface area contributed by atoms with Crippen LogP contribution in [0, 0.1) is 5.92 Å². The van der Waals surface area contributed by atoms with Gasteiger partial charge in [-0.3, -0.25) is 4.79 Å². The molecule has 0 aromatic carbocycles. The molecule has 4 heteroatoms. The van der Waals surface area contributed by atoms with Crippen molar-refractivity contribution in [3.63, 3.8) is 0 Å². The van der Waals surface area contributed by atoms with Gasteiger partial charge in [-0.25, -0.2) is 0 Å². The summed E-state index contributed by atoms with van der Waals surface area (Å²) >= 11 is 0. The highest BCUT2D eigenvalue weighted by Crippen LogP contribution is 2.27. The molecule has 3 aliphatic heterocycles. The first-order valence-corrected chi connectivity index (χ1v) is 6.85. The van der Waals surface area contributed by atoms with Gasteiger partial charge in [-0.15, -0.1) is 0 Å². The van der Waals surface area contributed by atoms with Crippen LogP contribution in [0.15, 0.2) is 0 Å². The van der Waals surface area contributed by atoms with Gasteiger partial charge in [0.25, 0.3) is 0 Å². The predicted molar refractivity (Wildman–Crippen MR) is 68.9 cm³/mol. The number of piperidine rings is 3. The third-order valence-corrected chi connectivity index (χ3v) is 4.34. The zero-order valence-corrected chi connectivity index (χ0v) is 11.3. The molecule has 0 aliphatic carbocycles. The van der Waals surface area contributed by atoms with Crippen molar-refractivity contribution in [1.29, 1.82) is 0 Å². The number of likely N-dealkylation sites (N-methyl/N-ethyl adjacent to an activating group) is 1. The van der Waals surface area contributed by atoms with Crippen LogP contribution in [-0.2, 0) is 4.79 Å². The summed E-state index contributed by atoms with van der Waals surface area (Å²) in [5.41, 5.74) is 0. The average molecular weight is 239 g/mol. The van der Waals surface area contributed by atoms with Crippen LogP contribution < -0.4 is 5.32 Å². The molecule has 2 atom stereocenters. The summed E-state index contributed by atoms with van der Waals surface area (Å²) in [5, 5.41) is 3.53. The molecule has 3 heterocycles. The quantitative estimate of drug-likeness (QED) is 0.777. The average Bonchev–Trinajstić information content (AvgIpc) is 2.38. The van der Waals surface area contributed by atoms with Gasteiger partial charge in [0.1, 0.15) is 0 Å². The second kappa shape index (κ2) is 5.36. The van der Waals surface area contributed by atoms with E-state index in [0.717, 1.165) is 19.0 Å². The molecule has 0 radical (unpaired) electrons. The number of hydrogen-bond acceptors (Lipinski definition) is 3. The number of nitrogens with one attached hydrogen (secondary N) is 1. The summed E-state index contributed by atoms with van der Waals surface area (Å²) in [6.07, 6.45) is 2.59. The molecule has 3 rings (SSSR count). The molecule has 2 unspecified atom stereocenters. The Kier molecular flexibility index (Phi) is 4.05. The number of fused-ring (bicyclic) bond motifs is 3. The second-order valence-electron chi connectivity index (χ2n) is 5.49. The van der Waals surface area contributed by atoms with Gasteiger partial charge in [-0.2, -0.15) is 0 Å². The smallest absolute Gasteiger partial charge is 0.239 e. The number of rotatable bonds is 4. The van der Waals surface area contributed by atoms with E-state index in [4.69, 9.17) is 0 Å². The van der Waals surface area contributed by atoms with Crippen LogP contribution in [0.1, 0.15) is 26.7 Å². The van der Waals surface area contributed by atoms with E-state index in [-0.39, 0.29) is 11.9 Å². The molecule has 98 valence electrons. The van der Waals surface area contributed by atoms with Gasteiger partial charge in [0.2, 0.25) is 5.91 Å². The highest BCUT2D eigenvalue weighted by Gasteiger charge is 2.35. The van der Waals surface area contributed by atoms with Crippen LogP contribution in [0.2, 0.25) is 0 Å². The number of carbonyl (C=O) groups is 1. The molecular weight excluding hydrogens is 214 g/mol. The van der Waals surface area contributed by atoms with Gasteiger partial charge in [-0.05, 0) is 45.7 Å². The van der Waals surface area contributed by atoms with Crippen molar-refractivity contribution in [3.8, 4) is 0 Å². The van der Waals surface area contributed by atoms with E-state index in [9.17, 15) is 4.79 Å². The SMILES string of the molecule is CCN(C)C(=O)C(C)NC1CN2CCC1CC2. The highest BCUT2D eigenvalue weighted by molar-refractivity contribution is 5.81. The normalized spacial score (nSPS) is 33.5. The summed E-state index contributed by atoms with van der Waals surface area (Å²) in [5.74, 6) is 0.992. The Morgan fingerprint density at radius 1 is 1.47 bits per heavy atom. The topological polar surface area (TPSA) is 35.6 Å². The van der Waals surface area contributed by atoms with E-state index in [1.807, 2.05) is 20.9 Å². The molecule has 3 saturated heterocycles. The van der Waals surface area contributed by atoms with Crippen LogP contribution in [-0.4, -0.2) is 61.0 Å². The first-order valence-electron chi connectivity index (χ1n) is 6.85. The molecule has 1 N–H and O–H groups in total. The standard InChI is InChI=1S/C13H25N3O/c1-4-15(3)13(17)10(2)14-12-9-16-7-5-11(12)6-8-16/h10-12,14H,4-9H2,1-3H3. The van der Waals surface area contributed by atoms with Gasteiger partial charge in [0.05, 0.1) is 6.04 Å². The first kappa shape index (κ1) is 12.8. The fourth-order valence-corrected chi connectivity index (χ4v) is 3.03. The molecule has 0 aromatic heterocycles. The maximum Gasteiger partial charge on any atom is 0.239 e. The summed E-state index contributed by atoms with van der Waals surface area (Å²) in [6, 6.07) is 0.465. The monoisotopic (exact) mass is 239 g/mol. The lowest BCUT2D eigenvalue weighted by Gasteiger charge is -2.46. The summed E-state index contributed by atoms with van der Waals surface area (Å²) in [7, 11) is 1.87. The lowest BCUT2D eigenvalue weighted by Crippen LogP contribution is -2.59. The minimum absolute atomic E-state index is 0.0505. The van der Waals surface area contributed by atoms with E-state index in [0.29, 0.717) is 6.04 Å². The van der Waals surface area contributed by atoms with Gasteiger partial charge in [0, 0.05) is 26.2 Å². The fourth-order valence-electron chi connectivity index (χ4n) is 3.03. The Bertz CT molecular complexity index is 274. The Balaban J connectivity index is 1.86. The van der Waals surface area contributed by atoms with Crippen molar-refractivity contribution >= 4 is 5.91 Å². The van der Waals surface area contributed by atoms with Gasteiger partial charge < -0.3 is 15.1 Å². The number of amides is 1. The van der Waals surface area contributed by atoms with Crippen molar-refractivity contribution in [1.82, 2.24) is 15.1 Å². The van der Waals surface area contributed by atoms with Crippen molar-refractivity contribution in [2.24, 2.45) is 5.92 Å². The summed E-state index contributed by atoms with van der Waals surface area (Å²) < 4.78 is 0. The van der Waals surface area contributed by atoms with E-state index >= 15 is 0 Å². The molecule has 3 aliphatic rings. The Morgan fingerprint density at radius 3 is 2.59 bits per heavy atom. The van der Waals surface area contributed by atoms with Crippen molar-refractivity contribution in [2.75, 3.05) is 33.2 Å². The fraction of sp³-hybridized carbons (Fsp3) is 0.923. The molecule has 2 bridgehead atoms. The molecule has 3 fully saturated rings. The summed E-state index contributed by atoms with van der Waals surface area (Å²) in [4.78, 5) is 16.3. The molecule has 0 aromatic rings. The molecular formula is C13H25N3O. The minimum Gasteiger partial charge on any atom is -0.345 e. The van der Waals surface area contributed by atoms with E-state index < -0.39 is 0 Å². The highest BCUT2D eigenvalue weighted by atomic mass is 16.2. The molecule has 0 spiro atoms. The minimum atomic E-state index is -0.0505. The van der Waals surface area contributed by atoms with Gasteiger partial charge >= 0.3 is 0 Å². The second-order valence-corrected chi connectivity index (χ2v) is 5.49. The maximum atomic E-state index is 12.0. The Hall–Kier alpha value is -0.610. The van der Waals surface area contributed by atoms with Gasteiger partial charge in [-0.1, -0.05) is 0 Å². The largest absolute Gasteiger partial charge is 0.345 e. The third-order valence-electron chi connectivity index (χ3n) is 4.34. The van der Waals surface area contributed by atoms with E-state index in [2.05, 4.69) is 10.2 Å². The Labute approximate surface area is 104 Å². The van der Waals surface area contributed by atoms with E-state index in [1.54, 1.807) is 4.90 Å². The number of carbonyl (C=O) groups excluding carboxylic acids is 1. The first-order chi connectivity index (χ1) is 8.11.